The highest BCUT2D eigenvalue weighted by molar-refractivity contribution is 6.47. The lowest BCUT2D eigenvalue weighted by Gasteiger charge is -2.27. The van der Waals surface area contributed by atoms with Crippen molar-refractivity contribution < 1.29 is 0 Å². The normalized spacial score (nSPS) is 17.7. The van der Waals surface area contributed by atoms with Crippen LogP contribution >= 0.6 is 11.6 Å². The van der Waals surface area contributed by atoms with Crippen LogP contribution in [0.25, 0.3) is 10.9 Å². The molecule has 2 heterocycles. The zero-order valence-corrected chi connectivity index (χ0v) is 21.4. The number of rotatable bonds is 8. The van der Waals surface area contributed by atoms with Gasteiger partial charge < -0.3 is 15.6 Å². The first-order valence-electron chi connectivity index (χ1n) is 12.5. The molecule has 1 saturated heterocycles. The van der Waals surface area contributed by atoms with E-state index in [4.69, 9.17) is 16.6 Å². The third kappa shape index (κ3) is 5.69. The fourth-order valence-corrected chi connectivity index (χ4v) is 4.95. The molecule has 5 rings (SSSR count). The second-order valence-electron chi connectivity index (χ2n) is 9.68. The fourth-order valence-electron chi connectivity index (χ4n) is 4.81. The Morgan fingerprint density at radius 2 is 2.00 bits per heavy atom. The summed E-state index contributed by atoms with van der Waals surface area (Å²) in [6.07, 6.45) is 6.40. The van der Waals surface area contributed by atoms with Crippen LogP contribution in [-0.4, -0.2) is 41.8 Å². The molecule has 0 bridgehead atoms. The Labute approximate surface area is 213 Å². The molecule has 1 aliphatic heterocycles. The van der Waals surface area contributed by atoms with Gasteiger partial charge in [-0.2, -0.15) is 0 Å². The predicted molar refractivity (Wildman–Crippen MR) is 149 cm³/mol. The average molecular weight is 488 g/mol. The van der Waals surface area contributed by atoms with Crippen LogP contribution in [-0.2, 0) is 6.54 Å². The van der Waals surface area contributed by atoms with E-state index < -0.39 is 0 Å². The number of hydrogen-bond donors (Lipinski definition) is 3. The molecule has 1 saturated carbocycles. The highest BCUT2D eigenvalue weighted by Crippen LogP contribution is 2.41. The zero-order valence-electron chi connectivity index (χ0n) is 20.6. The van der Waals surface area contributed by atoms with Crippen molar-refractivity contribution in [2.45, 2.75) is 39.2 Å². The van der Waals surface area contributed by atoms with Gasteiger partial charge in [0.05, 0.1) is 10.7 Å². The van der Waals surface area contributed by atoms with Crippen LogP contribution in [0.1, 0.15) is 47.9 Å². The lowest BCUT2D eigenvalue weighted by Crippen LogP contribution is -2.42. The molecule has 0 atom stereocenters. The first-order chi connectivity index (χ1) is 17.0. The SMILES string of the molecule is C=C(N=C(/C(Cl)=C\C)c1c[nH]c2cc(C)ccc12)Nc1cc(CN2CCNCC2)cc(C2CC2)c1. The minimum atomic E-state index is 0.572. The van der Waals surface area contributed by atoms with Gasteiger partial charge in [-0.25, -0.2) is 4.99 Å². The Morgan fingerprint density at radius 3 is 2.74 bits per heavy atom. The lowest BCUT2D eigenvalue weighted by atomic mass is 10.0. The summed E-state index contributed by atoms with van der Waals surface area (Å²) in [6.45, 7) is 13.5. The molecule has 3 N–H and O–H groups in total. The first-order valence-corrected chi connectivity index (χ1v) is 12.9. The second kappa shape index (κ2) is 10.4. The molecule has 1 aliphatic carbocycles. The van der Waals surface area contributed by atoms with E-state index in [0.717, 1.165) is 54.9 Å². The standard InChI is InChI=1S/C29H34ClN5/c1-4-27(30)29(26-17-32-28-13-19(2)5-8-25(26)28)34-20(3)33-24-15-21(14-23(16-24)22-6-7-22)18-35-11-9-31-10-12-35/h4-5,8,13-17,22,31-33H,3,6-7,9-12,18H2,1-2H3/b27-4+,34-29?. The number of benzene rings is 2. The van der Waals surface area contributed by atoms with Gasteiger partial charge >= 0.3 is 0 Å². The van der Waals surface area contributed by atoms with Crippen LogP contribution < -0.4 is 10.6 Å². The molecule has 0 spiro atoms. The number of nitrogens with zero attached hydrogens (tertiary/aromatic N) is 2. The molecule has 0 unspecified atom stereocenters. The van der Waals surface area contributed by atoms with E-state index in [9.17, 15) is 0 Å². The molecule has 2 fully saturated rings. The van der Waals surface area contributed by atoms with Gasteiger partial charge in [-0.1, -0.05) is 42.5 Å². The minimum absolute atomic E-state index is 0.572. The number of fused-ring (bicyclic) bond motifs is 1. The van der Waals surface area contributed by atoms with E-state index in [0.29, 0.717) is 22.5 Å². The van der Waals surface area contributed by atoms with Crippen LogP contribution in [0.4, 0.5) is 5.69 Å². The molecular weight excluding hydrogens is 454 g/mol. The smallest absolute Gasteiger partial charge is 0.123 e. The van der Waals surface area contributed by atoms with Crippen LogP contribution in [0.5, 0.6) is 0 Å². The van der Waals surface area contributed by atoms with Gasteiger partial charge in [0.15, 0.2) is 0 Å². The summed E-state index contributed by atoms with van der Waals surface area (Å²) in [4.78, 5) is 10.7. The molecular formula is C29H34ClN5. The number of nitrogens with one attached hydrogen (secondary N) is 3. The first kappa shape index (κ1) is 23.9. The number of aliphatic imine (C=N–C) groups is 1. The van der Waals surface area contributed by atoms with E-state index in [1.54, 1.807) is 0 Å². The number of anilines is 1. The van der Waals surface area contributed by atoms with Gasteiger partial charge in [0.25, 0.3) is 0 Å². The molecule has 5 nitrogen and oxygen atoms in total. The molecule has 0 radical (unpaired) electrons. The summed E-state index contributed by atoms with van der Waals surface area (Å²) < 4.78 is 0. The Hall–Kier alpha value is -2.86. The molecule has 182 valence electrons. The molecule has 3 aromatic rings. The van der Waals surface area contributed by atoms with Crippen molar-refractivity contribution in [3.8, 4) is 0 Å². The van der Waals surface area contributed by atoms with Crippen LogP contribution in [0.15, 0.2) is 71.1 Å². The molecule has 35 heavy (non-hydrogen) atoms. The highest BCUT2D eigenvalue weighted by atomic mass is 35.5. The van der Waals surface area contributed by atoms with E-state index >= 15 is 0 Å². The van der Waals surface area contributed by atoms with Gasteiger partial charge in [-0.3, -0.25) is 4.90 Å². The van der Waals surface area contributed by atoms with E-state index in [2.05, 4.69) is 70.4 Å². The van der Waals surface area contributed by atoms with Crippen molar-refractivity contribution in [3.63, 3.8) is 0 Å². The molecule has 2 aromatic carbocycles. The van der Waals surface area contributed by atoms with Crippen molar-refractivity contribution in [3.05, 3.63) is 88.4 Å². The third-order valence-electron chi connectivity index (χ3n) is 6.79. The molecule has 6 heteroatoms. The fraction of sp³-hybridized carbons (Fsp3) is 0.345. The van der Waals surface area contributed by atoms with E-state index in [1.165, 1.54) is 29.5 Å². The molecule has 1 aromatic heterocycles. The topological polar surface area (TPSA) is 55.5 Å². The van der Waals surface area contributed by atoms with Crippen LogP contribution in [0, 0.1) is 6.92 Å². The second-order valence-corrected chi connectivity index (χ2v) is 10.1. The lowest BCUT2D eigenvalue weighted by molar-refractivity contribution is 0.233. The summed E-state index contributed by atoms with van der Waals surface area (Å²) in [5.41, 5.74) is 7.75. The third-order valence-corrected chi connectivity index (χ3v) is 7.18. The molecule has 0 amide bonds. The Kier molecular flexibility index (Phi) is 7.09. The van der Waals surface area contributed by atoms with Gasteiger partial charge in [-0.05, 0) is 67.5 Å². The number of allylic oxidation sites excluding steroid dienone is 2. The zero-order chi connectivity index (χ0) is 24.4. The van der Waals surface area contributed by atoms with Crippen molar-refractivity contribution in [2.24, 2.45) is 4.99 Å². The number of piperazine rings is 1. The average Bonchev–Trinajstić information content (AvgIpc) is 3.63. The van der Waals surface area contributed by atoms with Crippen molar-refractivity contribution >= 4 is 33.9 Å². The Morgan fingerprint density at radius 1 is 1.20 bits per heavy atom. The Bertz CT molecular complexity index is 1290. The number of aromatic nitrogens is 1. The monoisotopic (exact) mass is 487 g/mol. The summed E-state index contributed by atoms with van der Waals surface area (Å²) >= 11 is 6.65. The predicted octanol–water partition coefficient (Wildman–Crippen LogP) is 6.27. The molecule has 2 aliphatic rings. The summed E-state index contributed by atoms with van der Waals surface area (Å²) in [7, 11) is 0. The number of hydrogen-bond acceptors (Lipinski definition) is 4. The van der Waals surface area contributed by atoms with Crippen molar-refractivity contribution in [2.75, 3.05) is 31.5 Å². The van der Waals surface area contributed by atoms with Crippen molar-refractivity contribution in [1.29, 1.82) is 0 Å². The van der Waals surface area contributed by atoms with Crippen molar-refractivity contribution in [1.82, 2.24) is 15.2 Å². The summed E-state index contributed by atoms with van der Waals surface area (Å²) in [5.74, 6) is 1.25. The van der Waals surface area contributed by atoms with Crippen LogP contribution in [0.2, 0.25) is 0 Å². The quantitative estimate of drug-likeness (QED) is 0.328. The summed E-state index contributed by atoms with van der Waals surface area (Å²) in [6, 6.07) is 13.2. The maximum Gasteiger partial charge on any atom is 0.123 e. The maximum atomic E-state index is 6.65. The minimum Gasteiger partial charge on any atom is -0.360 e. The van der Waals surface area contributed by atoms with E-state index in [-0.39, 0.29) is 0 Å². The van der Waals surface area contributed by atoms with E-state index in [1.807, 2.05) is 19.2 Å². The number of halogens is 1. The number of aromatic amines is 1. The number of aryl methyl sites for hydroxylation is 1. The van der Waals surface area contributed by atoms with Gasteiger partial charge in [0, 0.05) is 61.1 Å². The van der Waals surface area contributed by atoms with Gasteiger partial charge in [0.1, 0.15) is 5.82 Å². The highest BCUT2D eigenvalue weighted by Gasteiger charge is 2.24. The van der Waals surface area contributed by atoms with Crippen LogP contribution in [0.3, 0.4) is 0 Å². The Balaban J connectivity index is 1.42. The summed E-state index contributed by atoms with van der Waals surface area (Å²) in [5, 5.41) is 8.59. The van der Waals surface area contributed by atoms with Gasteiger partial charge in [-0.15, -0.1) is 0 Å². The maximum absolute atomic E-state index is 6.65. The largest absolute Gasteiger partial charge is 0.360 e. The number of H-pyrrole nitrogens is 1. The van der Waals surface area contributed by atoms with Gasteiger partial charge in [0.2, 0.25) is 0 Å².